The molecule has 3 aromatic rings. The number of imidazole rings is 1. The lowest BCUT2D eigenvalue weighted by molar-refractivity contribution is 0.705. The monoisotopic (exact) mass is 377 g/mol. The minimum absolute atomic E-state index is 0.417. The van der Waals surface area contributed by atoms with Crippen molar-refractivity contribution in [1.29, 1.82) is 0 Å². The molecule has 1 aromatic carbocycles. The Balaban J connectivity index is 2.09. The van der Waals surface area contributed by atoms with Crippen LogP contribution in [0.1, 0.15) is 11.1 Å². The predicted molar refractivity (Wildman–Crippen MR) is 93.6 cm³/mol. The minimum atomic E-state index is 0.417. The first-order chi connectivity index (χ1) is 10.6. The summed E-state index contributed by atoms with van der Waals surface area (Å²) in [6, 6.07) is 6.41. The van der Waals surface area contributed by atoms with Gasteiger partial charge in [-0.2, -0.15) is 0 Å². The first-order valence-electron chi connectivity index (χ1n) is 6.88. The van der Waals surface area contributed by atoms with Gasteiger partial charge in [0.2, 0.25) is 0 Å². The number of aromatic nitrogens is 4. The minimum Gasteiger partial charge on any atom is -0.382 e. The largest absolute Gasteiger partial charge is 0.382 e. The van der Waals surface area contributed by atoms with E-state index in [9.17, 15) is 0 Å². The highest BCUT2D eigenvalue weighted by molar-refractivity contribution is 9.09. The summed E-state index contributed by atoms with van der Waals surface area (Å²) < 4.78 is 2.08. The van der Waals surface area contributed by atoms with Gasteiger partial charge >= 0.3 is 0 Å². The Labute approximate surface area is 141 Å². The predicted octanol–water partition coefficient (Wildman–Crippen LogP) is 3.57. The van der Waals surface area contributed by atoms with E-state index in [1.54, 1.807) is 11.8 Å². The zero-order chi connectivity index (χ0) is 15.7. The van der Waals surface area contributed by atoms with Crippen LogP contribution in [0.5, 0.6) is 0 Å². The molecule has 0 aliphatic heterocycles. The molecular formula is C15H16BrN5S. The van der Waals surface area contributed by atoms with Crippen molar-refractivity contribution in [3.8, 4) is 0 Å². The number of hydrogen-bond acceptors (Lipinski definition) is 5. The number of anilines is 1. The van der Waals surface area contributed by atoms with Gasteiger partial charge in [-0.25, -0.2) is 15.0 Å². The van der Waals surface area contributed by atoms with Gasteiger partial charge in [0.1, 0.15) is 6.33 Å². The maximum absolute atomic E-state index is 5.93. The zero-order valence-corrected chi connectivity index (χ0v) is 14.8. The number of rotatable bonds is 4. The van der Waals surface area contributed by atoms with Crippen molar-refractivity contribution in [2.45, 2.75) is 30.4 Å². The molecule has 0 spiro atoms. The smallest absolute Gasteiger partial charge is 0.175 e. The highest BCUT2D eigenvalue weighted by Crippen LogP contribution is 2.33. The molecule has 0 aliphatic carbocycles. The Bertz CT molecular complexity index is 830. The Kier molecular flexibility index (Phi) is 4.35. The molecule has 2 heterocycles. The fourth-order valence-electron chi connectivity index (χ4n) is 2.31. The SMILES string of the molecule is Cc1ccc(Sc2nc3c(N)ncnc3n2CCBr)c(C)c1. The van der Waals surface area contributed by atoms with E-state index in [4.69, 9.17) is 5.73 Å². The molecule has 2 aromatic heterocycles. The number of benzene rings is 1. The van der Waals surface area contributed by atoms with Crippen molar-refractivity contribution < 1.29 is 0 Å². The van der Waals surface area contributed by atoms with Crippen LogP contribution in [0.3, 0.4) is 0 Å². The Morgan fingerprint density at radius 3 is 2.82 bits per heavy atom. The molecule has 5 nitrogen and oxygen atoms in total. The maximum atomic E-state index is 5.93. The zero-order valence-electron chi connectivity index (χ0n) is 12.4. The Morgan fingerprint density at radius 2 is 2.09 bits per heavy atom. The lowest BCUT2D eigenvalue weighted by Crippen LogP contribution is -2.02. The molecule has 0 saturated carbocycles. The number of fused-ring (bicyclic) bond motifs is 1. The van der Waals surface area contributed by atoms with Crippen LogP contribution >= 0.6 is 27.7 Å². The standard InChI is InChI=1S/C15H16BrN5S/c1-9-3-4-11(10(2)7-9)22-15-20-12-13(17)18-8-19-14(12)21(15)6-5-16/h3-4,7-8H,5-6H2,1-2H3,(H2,17,18,19). The van der Waals surface area contributed by atoms with Crippen molar-refractivity contribution in [1.82, 2.24) is 19.5 Å². The number of hydrogen-bond donors (Lipinski definition) is 1. The summed E-state index contributed by atoms with van der Waals surface area (Å²) in [6.45, 7) is 4.99. The number of nitrogen functional groups attached to an aromatic ring is 1. The molecule has 0 unspecified atom stereocenters. The van der Waals surface area contributed by atoms with Crippen LogP contribution in [0.25, 0.3) is 11.2 Å². The number of halogens is 1. The topological polar surface area (TPSA) is 69.6 Å². The molecule has 0 aliphatic rings. The highest BCUT2D eigenvalue weighted by Gasteiger charge is 2.16. The van der Waals surface area contributed by atoms with Gasteiger partial charge in [0.15, 0.2) is 22.1 Å². The van der Waals surface area contributed by atoms with Gasteiger partial charge in [0.05, 0.1) is 0 Å². The fourth-order valence-corrected chi connectivity index (χ4v) is 3.64. The Morgan fingerprint density at radius 1 is 1.27 bits per heavy atom. The molecule has 22 heavy (non-hydrogen) atoms. The van der Waals surface area contributed by atoms with E-state index in [0.29, 0.717) is 11.3 Å². The van der Waals surface area contributed by atoms with Crippen LogP contribution in [-0.4, -0.2) is 24.8 Å². The summed E-state index contributed by atoms with van der Waals surface area (Å²) in [6.07, 6.45) is 1.48. The lowest BCUT2D eigenvalue weighted by atomic mass is 10.2. The van der Waals surface area contributed by atoms with Crippen LogP contribution in [0.4, 0.5) is 5.82 Å². The van der Waals surface area contributed by atoms with E-state index in [1.165, 1.54) is 22.3 Å². The van der Waals surface area contributed by atoms with Crippen LogP contribution in [0.15, 0.2) is 34.6 Å². The number of nitrogens with zero attached hydrogens (tertiary/aromatic N) is 4. The van der Waals surface area contributed by atoms with E-state index in [-0.39, 0.29) is 0 Å². The van der Waals surface area contributed by atoms with E-state index in [2.05, 4.69) is 67.5 Å². The molecule has 114 valence electrons. The van der Waals surface area contributed by atoms with E-state index in [0.717, 1.165) is 22.7 Å². The second-order valence-corrected chi connectivity index (χ2v) is 6.84. The van der Waals surface area contributed by atoms with Crippen molar-refractivity contribution in [3.63, 3.8) is 0 Å². The van der Waals surface area contributed by atoms with Crippen LogP contribution in [0, 0.1) is 13.8 Å². The average Bonchev–Trinajstić information content (AvgIpc) is 2.82. The second kappa shape index (κ2) is 6.26. The third kappa shape index (κ3) is 2.83. The van der Waals surface area contributed by atoms with E-state index in [1.807, 2.05) is 0 Å². The number of nitrogens with two attached hydrogens (primary N) is 1. The molecule has 0 fully saturated rings. The van der Waals surface area contributed by atoms with E-state index < -0.39 is 0 Å². The average molecular weight is 378 g/mol. The molecule has 0 amide bonds. The van der Waals surface area contributed by atoms with Crippen molar-refractivity contribution in [2.75, 3.05) is 11.1 Å². The molecule has 2 N–H and O–H groups in total. The summed E-state index contributed by atoms with van der Waals surface area (Å²) in [4.78, 5) is 14.2. The van der Waals surface area contributed by atoms with Gasteiger partial charge in [-0.1, -0.05) is 45.4 Å². The van der Waals surface area contributed by atoms with Crippen LogP contribution in [0.2, 0.25) is 0 Å². The maximum Gasteiger partial charge on any atom is 0.175 e. The number of alkyl halides is 1. The Hall–Kier alpha value is -1.60. The van der Waals surface area contributed by atoms with Gasteiger partial charge in [-0.15, -0.1) is 0 Å². The molecule has 3 rings (SSSR count). The summed E-state index contributed by atoms with van der Waals surface area (Å²) >= 11 is 5.12. The first-order valence-corrected chi connectivity index (χ1v) is 8.81. The van der Waals surface area contributed by atoms with Crippen LogP contribution in [-0.2, 0) is 6.54 Å². The summed E-state index contributed by atoms with van der Waals surface area (Å²) in [5, 5.41) is 1.71. The molecule has 0 atom stereocenters. The normalized spacial score (nSPS) is 11.2. The van der Waals surface area contributed by atoms with Crippen LogP contribution < -0.4 is 5.73 Å². The van der Waals surface area contributed by atoms with Gasteiger partial charge in [0, 0.05) is 16.8 Å². The third-order valence-corrected chi connectivity index (χ3v) is 4.89. The summed E-state index contributed by atoms with van der Waals surface area (Å²) in [7, 11) is 0. The number of aryl methyl sites for hydroxylation is 3. The molecular weight excluding hydrogens is 362 g/mol. The van der Waals surface area contributed by atoms with Gasteiger partial charge in [0.25, 0.3) is 0 Å². The lowest BCUT2D eigenvalue weighted by Gasteiger charge is -2.08. The summed E-state index contributed by atoms with van der Waals surface area (Å²) in [5.74, 6) is 0.417. The third-order valence-electron chi connectivity index (χ3n) is 3.37. The molecule has 0 saturated heterocycles. The molecule has 7 heteroatoms. The van der Waals surface area contributed by atoms with Gasteiger partial charge in [-0.3, -0.25) is 0 Å². The van der Waals surface area contributed by atoms with Gasteiger partial charge in [-0.05, 0) is 25.5 Å². The second-order valence-electron chi connectivity index (χ2n) is 5.04. The highest BCUT2D eigenvalue weighted by atomic mass is 79.9. The first kappa shape index (κ1) is 15.3. The van der Waals surface area contributed by atoms with Crippen molar-refractivity contribution in [2.24, 2.45) is 0 Å². The fraction of sp³-hybridized carbons (Fsp3) is 0.267. The van der Waals surface area contributed by atoms with Crippen molar-refractivity contribution >= 4 is 44.7 Å². The quantitative estimate of drug-likeness (QED) is 0.703. The van der Waals surface area contributed by atoms with E-state index >= 15 is 0 Å². The van der Waals surface area contributed by atoms with Gasteiger partial charge < -0.3 is 10.3 Å². The van der Waals surface area contributed by atoms with Crippen molar-refractivity contribution in [3.05, 3.63) is 35.7 Å². The summed E-state index contributed by atoms with van der Waals surface area (Å²) in [5.41, 5.74) is 9.86. The molecule has 0 radical (unpaired) electrons. The molecule has 0 bridgehead atoms.